The number of rotatable bonds is 3. The van der Waals surface area contributed by atoms with E-state index in [0.29, 0.717) is 4.99 Å². The van der Waals surface area contributed by atoms with Gasteiger partial charge in [0.05, 0.1) is 0 Å². The molecule has 0 amide bonds. The van der Waals surface area contributed by atoms with E-state index in [1.165, 1.54) is 25.1 Å². The number of thiocarbonyl (C=S) groups is 1. The molecule has 2 N–H and O–H groups in total. The molecule has 1 fully saturated rings. The molecule has 1 aliphatic heterocycles. The van der Waals surface area contributed by atoms with E-state index in [0.717, 1.165) is 25.2 Å². The van der Waals surface area contributed by atoms with E-state index in [2.05, 4.69) is 29.0 Å². The van der Waals surface area contributed by atoms with Crippen molar-refractivity contribution in [2.75, 3.05) is 33.2 Å². The van der Waals surface area contributed by atoms with Gasteiger partial charge in [0, 0.05) is 25.2 Å². The predicted octanol–water partition coefficient (Wildman–Crippen LogP) is 1.46. The van der Waals surface area contributed by atoms with Gasteiger partial charge in [-0.3, -0.25) is 4.90 Å². The van der Waals surface area contributed by atoms with Crippen LogP contribution in [0, 0.1) is 0 Å². The zero-order valence-corrected chi connectivity index (χ0v) is 11.7. The Labute approximate surface area is 115 Å². The summed E-state index contributed by atoms with van der Waals surface area (Å²) in [7, 11) is 2.19. The molecule has 2 rings (SSSR count). The van der Waals surface area contributed by atoms with Gasteiger partial charge in [0.1, 0.15) is 4.99 Å². The quantitative estimate of drug-likeness (QED) is 0.837. The van der Waals surface area contributed by atoms with E-state index >= 15 is 0 Å². The zero-order valence-electron chi connectivity index (χ0n) is 10.9. The number of hydrogen-bond donors (Lipinski definition) is 1. The second-order valence-electron chi connectivity index (χ2n) is 5.00. The highest BCUT2D eigenvalue weighted by Crippen LogP contribution is 2.10. The highest BCUT2D eigenvalue weighted by molar-refractivity contribution is 7.80. The number of likely N-dealkylation sites (N-methyl/N-ethyl adjacent to an activating group) is 1. The SMILES string of the molecule is CN1CCCN(Cc2cccc(C(N)=S)c2)CC1. The van der Waals surface area contributed by atoms with Gasteiger partial charge in [-0.05, 0) is 38.2 Å². The summed E-state index contributed by atoms with van der Waals surface area (Å²) in [6.07, 6.45) is 1.24. The van der Waals surface area contributed by atoms with Crippen molar-refractivity contribution >= 4 is 17.2 Å². The first kappa shape index (κ1) is 13.5. The minimum atomic E-state index is 0.479. The van der Waals surface area contributed by atoms with Crippen LogP contribution in [0.2, 0.25) is 0 Å². The van der Waals surface area contributed by atoms with Crippen molar-refractivity contribution in [1.82, 2.24) is 9.80 Å². The molecule has 0 unspecified atom stereocenters. The lowest BCUT2D eigenvalue weighted by Crippen LogP contribution is -2.28. The summed E-state index contributed by atoms with van der Waals surface area (Å²) in [6, 6.07) is 8.27. The second kappa shape index (κ2) is 6.27. The first-order valence-corrected chi connectivity index (χ1v) is 6.85. The van der Waals surface area contributed by atoms with Crippen molar-refractivity contribution in [2.24, 2.45) is 5.73 Å². The van der Waals surface area contributed by atoms with Gasteiger partial charge >= 0.3 is 0 Å². The van der Waals surface area contributed by atoms with Crippen LogP contribution >= 0.6 is 12.2 Å². The lowest BCUT2D eigenvalue weighted by atomic mass is 10.1. The maximum atomic E-state index is 5.67. The summed E-state index contributed by atoms with van der Waals surface area (Å²) in [5.74, 6) is 0. The Hall–Kier alpha value is -0.970. The lowest BCUT2D eigenvalue weighted by molar-refractivity contribution is 0.269. The van der Waals surface area contributed by atoms with E-state index in [9.17, 15) is 0 Å². The van der Waals surface area contributed by atoms with Crippen LogP contribution in [0.3, 0.4) is 0 Å². The summed E-state index contributed by atoms with van der Waals surface area (Å²) in [5.41, 5.74) is 7.93. The monoisotopic (exact) mass is 263 g/mol. The number of nitrogens with zero attached hydrogens (tertiary/aromatic N) is 2. The van der Waals surface area contributed by atoms with Gasteiger partial charge in [0.15, 0.2) is 0 Å². The molecule has 0 saturated carbocycles. The molecule has 0 aliphatic carbocycles. The van der Waals surface area contributed by atoms with Gasteiger partial charge in [-0.25, -0.2) is 0 Å². The van der Waals surface area contributed by atoms with Crippen LogP contribution in [0.15, 0.2) is 24.3 Å². The minimum absolute atomic E-state index is 0.479. The smallest absolute Gasteiger partial charge is 0.103 e. The summed E-state index contributed by atoms with van der Waals surface area (Å²) in [6.45, 7) is 5.64. The third kappa shape index (κ3) is 3.77. The van der Waals surface area contributed by atoms with Crippen molar-refractivity contribution in [1.29, 1.82) is 0 Å². The summed E-state index contributed by atoms with van der Waals surface area (Å²) in [4.78, 5) is 5.38. The van der Waals surface area contributed by atoms with Crippen molar-refractivity contribution in [3.05, 3.63) is 35.4 Å². The molecule has 0 aromatic heterocycles. The molecule has 1 heterocycles. The molecular formula is C14H21N3S. The topological polar surface area (TPSA) is 32.5 Å². The molecule has 3 nitrogen and oxygen atoms in total. The molecule has 1 aliphatic rings. The molecule has 1 saturated heterocycles. The average Bonchev–Trinajstić information content (AvgIpc) is 2.55. The normalized spacial score (nSPS) is 18.5. The van der Waals surface area contributed by atoms with Crippen LogP contribution in [0.4, 0.5) is 0 Å². The Morgan fingerprint density at radius 1 is 1.28 bits per heavy atom. The fourth-order valence-corrected chi connectivity index (χ4v) is 2.47. The molecule has 0 radical (unpaired) electrons. The van der Waals surface area contributed by atoms with Crippen LogP contribution in [0.5, 0.6) is 0 Å². The third-order valence-corrected chi connectivity index (χ3v) is 3.67. The first-order chi connectivity index (χ1) is 8.65. The van der Waals surface area contributed by atoms with E-state index in [4.69, 9.17) is 18.0 Å². The van der Waals surface area contributed by atoms with Gasteiger partial charge in [-0.1, -0.05) is 30.4 Å². The number of nitrogens with two attached hydrogens (primary N) is 1. The minimum Gasteiger partial charge on any atom is -0.389 e. The first-order valence-electron chi connectivity index (χ1n) is 6.45. The number of benzene rings is 1. The molecule has 0 atom stereocenters. The van der Waals surface area contributed by atoms with Crippen LogP contribution < -0.4 is 5.73 Å². The van der Waals surface area contributed by atoms with Crippen molar-refractivity contribution < 1.29 is 0 Å². The standard InChI is InChI=1S/C14H21N3S/c1-16-6-3-7-17(9-8-16)11-12-4-2-5-13(10-12)14(15)18/h2,4-5,10H,3,6-9,11H2,1H3,(H2,15,18). The average molecular weight is 263 g/mol. The molecule has 98 valence electrons. The fourth-order valence-electron chi connectivity index (χ4n) is 2.34. The predicted molar refractivity (Wildman–Crippen MR) is 79.7 cm³/mol. The Kier molecular flexibility index (Phi) is 4.69. The maximum Gasteiger partial charge on any atom is 0.103 e. The van der Waals surface area contributed by atoms with Crippen LogP contribution in [-0.2, 0) is 6.54 Å². The summed E-state index contributed by atoms with van der Waals surface area (Å²) < 4.78 is 0. The second-order valence-corrected chi connectivity index (χ2v) is 5.44. The fraction of sp³-hybridized carbons (Fsp3) is 0.500. The maximum absolute atomic E-state index is 5.67. The molecule has 4 heteroatoms. The molecule has 0 bridgehead atoms. The van der Waals surface area contributed by atoms with E-state index < -0.39 is 0 Å². The van der Waals surface area contributed by atoms with Crippen molar-refractivity contribution in [3.63, 3.8) is 0 Å². The molecule has 1 aromatic rings. The molecule has 18 heavy (non-hydrogen) atoms. The molecule has 1 aromatic carbocycles. The Balaban J connectivity index is 2.00. The summed E-state index contributed by atoms with van der Waals surface area (Å²) in [5, 5.41) is 0. The van der Waals surface area contributed by atoms with Gasteiger partial charge in [-0.15, -0.1) is 0 Å². The van der Waals surface area contributed by atoms with Gasteiger partial charge in [0.25, 0.3) is 0 Å². The van der Waals surface area contributed by atoms with E-state index in [1.807, 2.05) is 12.1 Å². The van der Waals surface area contributed by atoms with E-state index in [1.54, 1.807) is 0 Å². The third-order valence-electron chi connectivity index (χ3n) is 3.43. The summed E-state index contributed by atoms with van der Waals surface area (Å²) >= 11 is 5.02. The van der Waals surface area contributed by atoms with Crippen molar-refractivity contribution in [2.45, 2.75) is 13.0 Å². The Morgan fingerprint density at radius 3 is 2.89 bits per heavy atom. The Bertz CT molecular complexity index is 419. The van der Waals surface area contributed by atoms with Crippen molar-refractivity contribution in [3.8, 4) is 0 Å². The molecule has 0 spiro atoms. The Morgan fingerprint density at radius 2 is 2.11 bits per heavy atom. The lowest BCUT2D eigenvalue weighted by Gasteiger charge is -2.20. The van der Waals surface area contributed by atoms with E-state index in [-0.39, 0.29) is 0 Å². The number of hydrogen-bond acceptors (Lipinski definition) is 3. The van der Waals surface area contributed by atoms with Gasteiger partial charge < -0.3 is 10.6 Å². The van der Waals surface area contributed by atoms with Gasteiger partial charge in [-0.2, -0.15) is 0 Å². The molecular weight excluding hydrogens is 242 g/mol. The largest absolute Gasteiger partial charge is 0.389 e. The van der Waals surface area contributed by atoms with Gasteiger partial charge in [0.2, 0.25) is 0 Å². The van der Waals surface area contributed by atoms with Crippen LogP contribution in [-0.4, -0.2) is 48.0 Å². The van der Waals surface area contributed by atoms with Crippen LogP contribution in [0.1, 0.15) is 17.5 Å². The highest BCUT2D eigenvalue weighted by Gasteiger charge is 2.12. The van der Waals surface area contributed by atoms with Crippen LogP contribution in [0.25, 0.3) is 0 Å². The zero-order chi connectivity index (χ0) is 13.0. The highest BCUT2D eigenvalue weighted by atomic mass is 32.1.